The molecule has 1 unspecified atom stereocenters. The molecule has 0 aliphatic carbocycles. The summed E-state index contributed by atoms with van der Waals surface area (Å²) in [4.78, 5) is -0.0230. The maximum absolute atomic E-state index is 11.4. The number of hydrogen-bond acceptors (Lipinski definition) is 2. The highest BCUT2D eigenvalue weighted by Gasteiger charge is 2.16. The van der Waals surface area contributed by atoms with Crippen LogP contribution in [0.25, 0.3) is 10.8 Å². The van der Waals surface area contributed by atoms with Crippen LogP contribution in [0.4, 0.5) is 0 Å². The lowest BCUT2D eigenvalue weighted by Crippen LogP contribution is -2.00. The van der Waals surface area contributed by atoms with E-state index < -0.39 is 10.1 Å². The third-order valence-corrected chi connectivity index (χ3v) is 4.25. The summed E-state index contributed by atoms with van der Waals surface area (Å²) in [5.74, 6) is 0.352. The zero-order valence-electron chi connectivity index (χ0n) is 10.4. The Bertz CT molecular complexity index is 674. The Morgan fingerprint density at radius 1 is 1.11 bits per heavy atom. The van der Waals surface area contributed by atoms with E-state index in [0.717, 1.165) is 17.4 Å². The van der Waals surface area contributed by atoms with Crippen molar-refractivity contribution in [1.29, 1.82) is 0 Å². The van der Waals surface area contributed by atoms with Crippen LogP contribution in [0.5, 0.6) is 0 Å². The van der Waals surface area contributed by atoms with Gasteiger partial charge in [-0.2, -0.15) is 8.42 Å². The van der Waals surface area contributed by atoms with Gasteiger partial charge in [0.15, 0.2) is 0 Å². The second-order valence-corrected chi connectivity index (χ2v) is 5.87. The Labute approximate surface area is 107 Å². The van der Waals surface area contributed by atoms with Crippen LogP contribution in [-0.4, -0.2) is 13.0 Å². The first kappa shape index (κ1) is 13.1. The average molecular weight is 264 g/mol. The Balaban J connectivity index is 2.82. The standard InChI is InChI=1S/C14H16O3S/c1-3-10(2)11-6-4-8-13-12(11)7-5-9-14(13)18(15,16)17/h4-10H,3H2,1-2H3,(H,15,16,17). The van der Waals surface area contributed by atoms with Gasteiger partial charge in [-0.1, -0.05) is 44.2 Å². The van der Waals surface area contributed by atoms with Crippen molar-refractivity contribution in [3.63, 3.8) is 0 Å². The molecule has 18 heavy (non-hydrogen) atoms. The molecular formula is C14H16O3S. The van der Waals surface area contributed by atoms with Gasteiger partial charge in [0.25, 0.3) is 10.1 Å². The van der Waals surface area contributed by atoms with Gasteiger partial charge in [0, 0.05) is 5.39 Å². The minimum Gasteiger partial charge on any atom is -0.282 e. The van der Waals surface area contributed by atoms with E-state index >= 15 is 0 Å². The molecule has 0 amide bonds. The molecule has 2 rings (SSSR count). The summed E-state index contributed by atoms with van der Waals surface area (Å²) < 4.78 is 32.0. The van der Waals surface area contributed by atoms with Gasteiger partial charge in [-0.25, -0.2) is 0 Å². The van der Waals surface area contributed by atoms with Crippen molar-refractivity contribution < 1.29 is 13.0 Å². The van der Waals surface area contributed by atoms with E-state index in [1.807, 2.05) is 18.2 Å². The minimum absolute atomic E-state index is 0.0230. The summed E-state index contributed by atoms with van der Waals surface area (Å²) in [7, 11) is -4.18. The van der Waals surface area contributed by atoms with Crippen molar-refractivity contribution in [2.24, 2.45) is 0 Å². The van der Waals surface area contributed by atoms with Gasteiger partial charge in [0.05, 0.1) is 0 Å². The van der Waals surface area contributed by atoms with Crippen LogP contribution < -0.4 is 0 Å². The minimum atomic E-state index is -4.18. The van der Waals surface area contributed by atoms with Gasteiger partial charge >= 0.3 is 0 Å². The SMILES string of the molecule is CCC(C)c1cccc2c(S(=O)(=O)O)cccc12. The molecule has 0 radical (unpaired) electrons. The fraction of sp³-hybridized carbons (Fsp3) is 0.286. The van der Waals surface area contributed by atoms with Crippen LogP contribution in [0.15, 0.2) is 41.3 Å². The zero-order valence-corrected chi connectivity index (χ0v) is 11.2. The summed E-state index contributed by atoms with van der Waals surface area (Å²) in [5.41, 5.74) is 1.11. The van der Waals surface area contributed by atoms with Gasteiger partial charge in [-0.05, 0) is 29.4 Å². The Hall–Kier alpha value is -1.39. The predicted octanol–water partition coefficient (Wildman–Crippen LogP) is 3.60. The fourth-order valence-electron chi connectivity index (χ4n) is 2.18. The third kappa shape index (κ3) is 2.26. The van der Waals surface area contributed by atoms with Crippen LogP contribution in [0.3, 0.4) is 0 Å². The number of fused-ring (bicyclic) bond motifs is 1. The first-order valence-electron chi connectivity index (χ1n) is 5.94. The molecule has 0 bridgehead atoms. The van der Waals surface area contributed by atoms with E-state index in [9.17, 15) is 13.0 Å². The molecule has 0 fully saturated rings. The molecule has 0 aliphatic heterocycles. The predicted molar refractivity (Wildman–Crippen MR) is 72.5 cm³/mol. The molecule has 0 aromatic heterocycles. The molecule has 0 saturated heterocycles. The molecule has 1 N–H and O–H groups in total. The van der Waals surface area contributed by atoms with Gasteiger partial charge in [-0.15, -0.1) is 0 Å². The maximum Gasteiger partial charge on any atom is 0.295 e. The summed E-state index contributed by atoms with van der Waals surface area (Å²) >= 11 is 0. The number of benzene rings is 2. The largest absolute Gasteiger partial charge is 0.295 e. The molecule has 0 spiro atoms. The summed E-state index contributed by atoms with van der Waals surface area (Å²) in [6.07, 6.45) is 0.981. The van der Waals surface area contributed by atoms with Crippen molar-refractivity contribution in [2.45, 2.75) is 31.1 Å². The molecule has 0 heterocycles. The van der Waals surface area contributed by atoms with Crippen molar-refractivity contribution >= 4 is 20.9 Å². The van der Waals surface area contributed by atoms with Crippen LogP contribution in [-0.2, 0) is 10.1 Å². The van der Waals surface area contributed by atoms with Crippen LogP contribution in [0, 0.1) is 0 Å². The van der Waals surface area contributed by atoms with E-state index in [1.165, 1.54) is 6.07 Å². The van der Waals surface area contributed by atoms with Crippen LogP contribution in [0.1, 0.15) is 31.7 Å². The van der Waals surface area contributed by atoms with E-state index in [0.29, 0.717) is 11.3 Å². The molecule has 4 heteroatoms. The summed E-state index contributed by atoms with van der Waals surface area (Å²) in [6.45, 7) is 4.20. The first-order chi connectivity index (χ1) is 8.45. The topological polar surface area (TPSA) is 54.4 Å². The highest BCUT2D eigenvalue weighted by Crippen LogP contribution is 2.30. The normalized spacial score (nSPS) is 13.7. The first-order valence-corrected chi connectivity index (χ1v) is 7.38. The summed E-state index contributed by atoms with van der Waals surface area (Å²) in [6, 6.07) is 10.5. The molecule has 3 nitrogen and oxygen atoms in total. The Morgan fingerprint density at radius 2 is 1.72 bits per heavy atom. The maximum atomic E-state index is 11.4. The summed E-state index contributed by atoms with van der Waals surface area (Å²) in [5, 5.41) is 1.47. The molecule has 2 aromatic carbocycles. The lowest BCUT2D eigenvalue weighted by Gasteiger charge is -2.13. The van der Waals surface area contributed by atoms with Crippen LogP contribution >= 0.6 is 0 Å². The molecule has 1 atom stereocenters. The van der Waals surface area contributed by atoms with Gasteiger partial charge in [0.1, 0.15) is 4.90 Å². The highest BCUT2D eigenvalue weighted by atomic mass is 32.2. The van der Waals surface area contributed by atoms with Gasteiger partial charge < -0.3 is 0 Å². The van der Waals surface area contributed by atoms with E-state index in [1.54, 1.807) is 12.1 Å². The zero-order chi connectivity index (χ0) is 13.3. The molecule has 0 aliphatic rings. The third-order valence-electron chi connectivity index (χ3n) is 3.34. The average Bonchev–Trinajstić information content (AvgIpc) is 2.35. The van der Waals surface area contributed by atoms with Gasteiger partial charge in [-0.3, -0.25) is 4.55 Å². The van der Waals surface area contributed by atoms with Gasteiger partial charge in [0.2, 0.25) is 0 Å². The fourth-order valence-corrected chi connectivity index (χ4v) is 2.89. The second-order valence-electron chi connectivity index (χ2n) is 4.48. The number of rotatable bonds is 3. The van der Waals surface area contributed by atoms with E-state index in [2.05, 4.69) is 13.8 Å². The highest BCUT2D eigenvalue weighted by molar-refractivity contribution is 7.86. The Kier molecular flexibility index (Phi) is 3.41. The molecular weight excluding hydrogens is 248 g/mol. The lowest BCUT2D eigenvalue weighted by molar-refractivity contribution is 0.484. The van der Waals surface area contributed by atoms with Crippen molar-refractivity contribution in [3.8, 4) is 0 Å². The van der Waals surface area contributed by atoms with Crippen molar-refractivity contribution in [1.82, 2.24) is 0 Å². The van der Waals surface area contributed by atoms with Crippen molar-refractivity contribution in [2.75, 3.05) is 0 Å². The van der Waals surface area contributed by atoms with Crippen molar-refractivity contribution in [3.05, 3.63) is 42.0 Å². The second kappa shape index (κ2) is 4.71. The van der Waals surface area contributed by atoms with E-state index in [4.69, 9.17) is 0 Å². The number of hydrogen-bond donors (Lipinski definition) is 1. The quantitative estimate of drug-likeness (QED) is 0.862. The molecule has 0 saturated carbocycles. The smallest absolute Gasteiger partial charge is 0.282 e. The van der Waals surface area contributed by atoms with E-state index in [-0.39, 0.29) is 4.90 Å². The Morgan fingerprint density at radius 3 is 2.33 bits per heavy atom. The lowest BCUT2D eigenvalue weighted by atomic mass is 9.93. The molecule has 96 valence electrons. The van der Waals surface area contributed by atoms with Crippen LogP contribution in [0.2, 0.25) is 0 Å². The molecule has 2 aromatic rings. The monoisotopic (exact) mass is 264 g/mol.